The minimum atomic E-state index is -3.60. The monoisotopic (exact) mass is 339 g/mol. The van der Waals surface area contributed by atoms with E-state index < -0.39 is 10.0 Å². The van der Waals surface area contributed by atoms with Crippen LogP contribution in [0.25, 0.3) is 0 Å². The molecule has 22 heavy (non-hydrogen) atoms. The highest BCUT2D eigenvalue weighted by Gasteiger charge is 2.17. The second kappa shape index (κ2) is 7.13. The van der Waals surface area contributed by atoms with Crippen LogP contribution >= 0.6 is 11.6 Å². The number of rotatable bonds is 6. The second-order valence-electron chi connectivity index (χ2n) is 4.96. The lowest BCUT2D eigenvalue weighted by molar-refractivity contribution is 0.414. The van der Waals surface area contributed by atoms with Gasteiger partial charge in [-0.2, -0.15) is 0 Å². The third kappa shape index (κ3) is 4.00. The first-order valence-corrected chi connectivity index (χ1v) is 8.68. The van der Waals surface area contributed by atoms with Crippen molar-refractivity contribution in [3.8, 4) is 5.75 Å². The number of benzene rings is 2. The largest absolute Gasteiger partial charge is 0.495 e. The van der Waals surface area contributed by atoms with E-state index in [1.54, 1.807) is 0 Å². The van der Waals surface area contributed by atoms with Crippen molar-refractivity contribution in [3.63, 3.8) is 0 Å². The van der Waals surface area contributed by atoms with E-state index in [1.165, 1.54) is 25.3 Å². The molecule has 0 radical (unpaired) electrons. The van der Waals surface area contributed by atoms with Gasteiger partial charge in [0.2, 0.25) is 10.0 Å². The molecule has 0 unspecified atom stereocenters. The topological polar surface area (TPSA) is 55.4 Å². The Morgan fingerprint density at radius 3 is 2.45 bits per heavy atom. The molecule has 0 fully saturated rings. The molecule has 0 aliphatic heterocycles. The summed E-state index contributed by atoms with van der Waals surface area (Å²) < 4.78 is 32.3. The number of hydrogen-bond acceptors (Lipinski definition) is 3. The van der Waals surface area contributed by atoms with Gasteiger partial charge < -0.3 is 4.74 Å². The Morgan fingerprint density at radius 2 is 1.86 bits per heavy atom. The van der Waals surface area contributed by atoms with Crippen LogP contribution < -0.4 is 9.46 Å². The zero-order chi connectivity index (χ0) is 16.2. The van der Waals surface area contributed by atoms with E-state index in [0.29, 0.717) is 12.3 Å². The van der Waals surface area contributed by atoms with Crippen LogP contribution in [0.3, 0.4) is 0 Å². The average Bonchev–Trinajstić information content (AvgIpc) is 2.53. The summed E-state index contributed by atoms with van der Waals surface area (Å²) in [6.45, 7) is 2.29. The molecule has 0 saturated heterocycles. The van der Waals surface area contributed by atoms with Crippen molar-refractivity contribution in [3.05, 3.63) is 59.1 Å². The average molecular weight is 340 g/mol. The Bertz CT molecular complexity index is 732. The third-order valence-corrected chi connectivity index (χ3v) is 5.10. The number of methoxy groups -OCH3 is 1. The van der Waals surface area contributed by atoms with Gasteiger partial charge in [-0.15, -0.1) is 0 Å². The first-order chi connectivity index (χ1) is 10.4. The Hall–Kier alpha value is -1.56. The SMILES string of the molecule is COc1ccc(S(=O)(=O)NC[C@H](C)c2ccccc2)cc1Cl. The van der Waals surface area contributed by atoms with Crippen LogP contribution in [0.4, 0.5) is 0 Å². The van der Waals surface area contributed by atoms with Crippen molar-refractivity contribution in [1.29, 1.82) is 0 Å². The van der Waals surface area contributed by atoms with Gasteiger partial charge in [0.05, 0.1) is 17.0 Å². The highest BCUT2D eigenvalue weighted by Crippen LogP contribution is 2.27. The Balaban J connectivity index is 2.10. The molecular formula is C16H18ClNO3S. The molecule has 0 heterocycles. The van der Waals surface area contributed by atoms with Crippen LogP contribution in [0.15, 0.2) is 53.4 Å². The molecule has 1 N–H and O–H groups in total. The molecule has 0 saturated carbocycles. The van der Waals surface area contributed by atoms with Gasteiger partial charge in [0, 0.05) is 6.54 Å². The summed E-state index contributed by atoms with van der Waals surface area (Å²) in [5.74, 6) is 0.517. The van der Waals surface area contributed by atoms with Crippen molar-refractivity contribution in [2.24, 2.45) is 0 Å². The first kappa shape index (κ1) is 16.8. The van der Waals surface area contributed by atoms with Gasteiger partial charge in [0.1, 0.15) is 5.75 Å². The van der Waals surface area contributed by atoms with Crippen molar-refractivity contribution in [1.82, 2.24) is 4.72 Å². The fourth-order valence-corrected chi connectivity index (χ4v) is 3.51. The van der Waals surface area contributed by atoms with Gasteiger partial charge in [-0.3, -0.25) is 0 Å². The van der Waals surface area contributed by atoms with Crippen LogP contribution in [0.1, 0.15) is 18.4 Å². The summed E-state index contributed by atoms with van der Waals surface area (Å²) in [5, 5.41) is 0.265. The normalized spacial score (nSPS) is 12.9. The maximum absolute atomic E-state index is 12.3. The fraction of sp³-hybridized carbons (Fsp3) is 0.250. The van der Waals surface area contributed by atoms with Gasteiger partial charge >= 0.3 is 0 Å². The Labute approximate surface area is 136 Å². The molecular weight excluding hydrogens is 322 g/mol. The predicted molar refractivity (Wildman–Crippen MR) is 88.0 cm³/mol. The zero-order valence-corrected chi connectivity index (χ0v) is 14.0. The minimum absolute atomic E-state index is 0.0738. The highest BCUT2D eigenvalue weighted by molar-refractivity contribution is 7.89. The quantitative estimate of drug-likeness (QED) is 0.877. The summed E-state index contributed by atoms with van der Waals surface area (Å²) >= 11 is 5.98. The summed E-state index contributed by atoms with van der Waals surface area (Å²) in [6, 6.07) is 14.1. The molecule has 0 aromatic heterocycles. The van der Waals surface area contributed by atoms with E-state index >= 15 is 0 Å². The molecule has 4 nitrogen and oxygen atoms in total. The lowest BCUT2D eigenvalue weighted by Gasteiger charge is -2.14. The molecule has 0 spiro atoms. The van der Waals surface area contributed by atoms with E-state index in [4.69, 9.17) is 16.3 Å². The summed E-state index contributed by atoms with van der Waals surface area (Å²) in [4.78, 5) is 0.124. The van der Waals surface area contributed by atoms with E-state index in [-0.39, 0.29) is 15.8 Å². The smallest absolute Gasteiger partial charge is 0.240 e. The van der Waals surface area contributed by atoms with Crippen LogP contribution in [-0.4, -0.2) is 22.1 Å². The first-order valence-electron chi connectivity index (χ1n) is 6.82. The van der Waals surface area contributed by atoms with Crippen LogP contribution in [0, 0.1) is 0 Å². The van der Waals surface area contributed by atoms with E-state index in [9.17, 15) is 8.42 Å². The summed E-state index contributed by atoms with van der Waals surface area (Å²) in [7, 11) is -2.12. The van der Waals surface area contributed by atoms with Gasteiger partial charge in [-0.05, 0) is 29.7 Å². The van der Waals surface area contributed by atoms with Crippen LogP contribution in [0.5, 0.6) is 5.75 Å². The van der Waals surface area contributed by atoms with Crippen molar-refractivity contribution in [2.75, 3.05) is 13.7 Å². The van der Waals surface area contributed by atoms with E-state index in [0.717, 1.165) is 5.56 Å². The lowest BCUT2D eigenvalue weighted by Crippen LogP contribution is -2.27. The van der Waals surface area contributed by atoms with Gasteiger partial charge in [-0.25, -0.2) is 13.1 Å². The number of halogens is 1. The number of ether oxygens (including phenoxy) is 1. The van der Waals surface area contributed by atoms with Crippen molar-refractivity contribution < 1.29 is 13.2 Å². The maximum Gasteiger partial charge on any atom is 0.240 e. The fourth-order valence-electron chi connectivity index (χ4n) is 2.03. The predicted octanol–water partition coefficient (Wildman–Crippen LogP) is 3.43. The minimum Gasteiger partial charge on any atom is -0.495 e. The van der Waals surface area contributed by atoms with Crippen LogP contribution in [0.2, 0.25) is 5.02 Å². The molecule has 0 aliphatic carbocycles. The molecule has 1 atom stereocenters. The van der Waals surface area contributed by atoms with Crippen LogP contribution in [-0.2, 0) is 10.0 Å². The summed E-state index contributed by atoms with van der Waals surface area (Å²) in [5.41, 5.74) is 1.08. The second-order valence-corrected chi connectivity index (χ2v) is 7.13. The number of hydrogen-bond donors (Lipinski definition) is 1. The van der Waals surface area contributed by atoms with Gasteiger partial charge in [-0.1, -0.05) is 48.9 Å². The molecule has 0 amide bonds. The summed E-state index contributed by atoms with van der Waals surface area (Å²) in [6.07, 6.45) is 0. The standard InChI is InChI=1S/C16H18ClNO3S/c1-12(13-6-4-3-5-7-13)11-18-22(19,20)14-8-9-16(21-2)15(17)10-14/h3-10,12,18H,11H2,1-2H3/t12-/m0/s1. The number of sulfonamides is 1. The van der Waals surface area contributed by atoms with Crippen molar-refractivity contribution >= 4 is 21.6 Å². The van der Waals surface area contributed by atoms with Gasteiger partial charge in [0.15, 0.2) is 0 Å². The molecule has 0 bridgehead atoms. The molecule has 0 aliphatic rings. The number of nitrogens with one attached hydrogen (secondary N) is 1. The molecule has 6 heteroatoms. The highest BCUT2D eigenvalue weighted by atomic mass is 35.5. The molecule has 118 valence electrons. The zero-order valence-electron chi connectivity index (χ0n) is 12.4. The van der Waals surface area contributed by atoms with Gasteiger partial charge in [0.25, 0.3) is 0 Å². The molecule has 2 rings (SSSR count). The maximum atomic E-state index is 12.3. The Morgan fingerprint density at radius 1 is 1.18 bits per heavy atom. The Kier molecular flexibility index (Phi) is 5.45. The van der Waals surface area contributed by atoms with E-state index in [2.05, 4.69) is 4.72 Å². The molecule has 2 aromatic carbocycles. The van der Waals surface area contributed by atoms with E-state index in [1.807, 2.05) is 37.3 Å². The molecule has 2 aromatic rings. The van der Waals surface area contributed by atoms with Crippen molar-refractivity contribution in [2.45, 2.75) is 17.7 Å². The third-order valence-electron chi connectivity index (χ3n) is 3.38. The lowest BCUT2D eigenvalue weighted by atomic mass is 10.0.